The molecule has 1 heterocycles. The predicted octanol–water partition coefficient (Wildman–Crippen LogP) is 3.04. The molecular formula is C21H26N2O4S. The van der Waals surface area contributed by atoms with E-state index in [1.165, 1.54) is 4.31 Å². The van der Waals surface area contributed by atoms with Gasteiger partial charge in [0.1, 0.15) is 5.75 Å². The topological polar surface area (TPSA) is 89.7 Å². The third-order valence-electron chi connectivity index (χ3n) is 4.93. The normalized spacial score (nSPS) is 17.0. The van der Waals surface area contributed by atoms with Crippen LogP contribution in [0.5, 0.6) is 5.75 Å². The van der Waals surface area contributed by atoms with E-state index >= 15 is 0 Å². The second kappa shape index (κ2) is 6.81. The van der Waals surface area contributed by atoms with Crippen LogP contribution in [0.1, 0.15) is 37.5 Å². The predicted molar refractivity (Wildman–Crippen MR) is 109 cm³/mol. The maximum absolute atomic E-state index is 13.6. The molecule has 0 radical (unpaired) electrons. The Bertz CT molecular complexity index is 1020. The maximum Gasteiger partial charge on any atom is 0.265 e. The number of aryl methyl sites for hydroxylation is 2. The van der Waals surface area contributed by atoms with Crippen molar-refractivity contribution in [3.63, 3.8) is 0 Å². The number of carbonyl (C=O) groups is 1. The van der Waals surface area contributed by atoms with E-state index in [0.717, 1.165) is 5.56 Å². The van der Waals surface area contributed by atoms with Gasteiger partial charge in [0, 0.05) is 0 Å². The van der Waals surface area contributed by atoms with E-state index in [-0.39, 0.29) is 16.9 Å². The highest BCUT2D eigenvalue weighted by atomic mass is 32.2. The molecule has 3 rings (SSSR count). The Morgan fingerprint density at radius 3 is 2.25 bits per heavy atom. The summed E-state index contributed by atoms with van der Waals surface area (Å²) in [5.41, 5.74) is 8.13. The molecule has 0 spiro atoms. The summed E-state index contributed by atoms with van der Waals surface area (Å²) in [6.07, 6.45) is -1.04. The molecule has 1 aliphatic rings. The summed E-state index contributed by atoms with van der Waals surface area (Å²) in [6, 6.07) is 10.6. The molecule has 6 nitrogen and oxygen atoms in total. The second-order valence-electron chi connectivity index (χ2n) is 8.20. The van der Waals surface area contributed by atoms with Crippen LogP contribution in [-0.4, -0.2) is 27.0 Å². The highest BCUT2D eigenvalue weighted by molar-refractivity contribution is 7.93. The molecular weight excluding hydrogens is 376 g/mol. The summed E-state index contributed by atoms with van der Waals surface area (Å²) in [5.74, 6) is -0.381. The lowest BCUT2D eigenvalue weighted by molar-refractivity contribution is -0.124. The van der Waals surface area contributed by atoms with E-state index in [0.29, 0.717) is 22.6 Å². The SMILES string of the molecule is Cc1cc(C(C)(C)C)cc(C)c1S(=O)(=O)N1C[C@H](C(N)=O)Oc2ccccc21. The molecule has 28 heavy (non-hydrogen) atoms. The van der Waals surface area contributed by atoms with Crippen molar-refractivity contribution in [2.75, 3.05) is 10.8 Å². The Labute approximate surface area is 166 Å². The second-order valence-corrected chi connectivity index (χ2v) is 10.0. The lowest BCUT2D eigenvalue weighted by atomic mass is 9.85. The largest absolute Gasteiger partial charge is 0.476 e. The fraction of sp³-hybridized carbons (Fsp3) is 0.381. The number of benzene rings is 2. The van der Waals surface area contributed by atoms with Gasteiger partial charge in [-0.2, -0.15) is 0 Å². The summed E-state index contributed by atoms with van der Waals surface area (Å²) in [4.78, 5) is 12.0. The molecule has 2 N–H and O–H groups in total. The van der Waals surface area contributed by atoms with Crippen LogP contribution in [0.3, 0.4) is 0 Å². The Morgan fingerprint density at radius 2 is 1.71 bits per heavy atom. The number of rotatable bonds is 3. The smallest absolute Gasteiger partial charge is 0.265 e. The van der Waals surface area contributed by atoms with Gasteiger partial charge in [0.15, 0.2) is 6.10 Å². The number of hydrogen-bond acceptors (Lipinski definition) is 4. The van der Waals surface area contributed by atoms with Crippen LogP contribution in [0.2, 0.25) is 0 Å². The molecule has 7 heteroatoms. The van der Waals surface area contributed by atoms with Gasteiger partial charge in [0.2, 0.25) is 0 Å². The molecule has 0 saturated heterocycles. The minimum atomic E-state index is -3.92. The molecule has 150 valence electrons. The Kier molecular flexibility index (Phi) is 4.91. The van der Waals surface area contributed by atoms with Gasteiger partial charge in [-0.25, -0.2) is 8.42 Å². The fourth-order valence-electron chi connectivity index (χ4n) is 3.48. The number of hydrogen-bond donors (Lipinski definition) is 1. The van der Waals surface area contributed by atoms with Crippen LogP contribution >= 0.6 is 0 Å². The summed E-state index contributed by atoms with van der Waals surface area (Å²) in [7, 11) is -3.92. The molecule has 0 saturated carbocycles. The molecule has 0 bridgehead atoms. The molecule has 2 aromatic carbocycles. The van der Waals surface area contributed by atoms with Gasteiger partial charge in [-0.05, 0) is 48.1 Å². The third kappa shape index (κ3) is 3.46. The zero-order valence-corrected chi connectivity index (χ0v) is 17.6. The Balaban J connectivity index is 2.17. The third-order valence-corrected chi connectivity index (χ3v) is 7.01. The number of sulfonamides is 1. The van der Waals surface area contributed by atoms with Crippen LogP contribution < -0.4 is 14.8 Å². The molecule has 1 aliphatic heterocycles. The van der Waals surface area contributed by atoms with Crippen molar-refractivity contribution in [1.29, 1.82) is 0 Å². The van der Waals surface area contributed by atoms with Crippen molar-refractivity contribution < 1.29 is 17.9 Å². The molecule has 2 aromatic rings. The van der Waals surface area contributed by atoms with Gasteiger partial charge in [0.05, 0.1) is 17.1 Å². The number of primary amides is 1. The summed E-state index contributed by atoms with van der Waals surface area (Å²) >= 11 is 0. The molecule has 0 aliphatic carbocycles. The van der Waals surface area contributed by atoms with Crippen LogP contribution in [-0.2, 0) is 20.2 Å². The molecule has 1 atom stereocenters. The van der Waals surface area contributed by atoms with Gasteiger partial charge < -0.3 is 10.5 Å². The quantitative estimate of drug-likeness (QED) is 0.854. The van der Waals surface area contributed by atoms with E-state index in [1.807, 2.05) is 12.1 Å². The van der Waals surface area contributed by atoms with Gasteiger partial charge in [0.25, 0.3) is 15.9 Å². The van der Waals surface area contributed by atoms with E-state index < -0.39 is 22.0 Å². The van der Waals surface area contributed by atoms with Gasteiger partial charge in [-0.3, -0.25) is 9.10 Å². The summed E-state index contributed by atoms with van der Waals surface area (Å²) in [6.45, 7) is 9.70. The first kappa shape index (κ1) is 20.2. The first-order chi connectivity index (χ1) is 12.9. The lowest BCUT2D eigenvalue weighted by Gasteiger charge is -2.35. The fourth-order valence-corrected chi connectivity index (χ4v) is 5.37. The van der Waals surface area contributed by atoms with Gasteiger partial charge in [-0.15, -0.1) is 0 Å². The zero-order valence-electron chi connectivity index (χ0n) is 16.8. The minimum absolute atomic E-state index is 0.0968. The maximum atomic E-state index is 13.6. The van der Waals surface area contributed by atoms with E-state index in [4.69, 9.17) is 10.5 Å². The van der Waals surface area contributed by atoms with Crippen LogP contribution in [0, 0.1) is 13.8 Å². The Hall–Kier alpha value is -2.54. The molecule has 0 aromatic heterocycles. The zero-order chi connectivity index (χ0) is 20.9. The first-order valence-corrected chi connectivity index (χ1v) is 10.6. The van der Waals surface area contributed by atoms with Crippen molar-refractivity contribution >= 4 is 21.6 Å². The van der Waals surface area contributed by atoms with E-state index in [9.17, 15) is 13.2 Å². The van der Waals surface area contributed by atoms with E-state index in [2.05, 4.69) is 20.8 Å². The summed E-state index contributed by atoms with van der Waals surface area (Å²) in [5, 5.41) is 0. The number of ether oxygens (including phenoxy) is 1. The number of carbonyl (C=O) groups excluding carboxylic acids is 1. The number of nitrogens with two attached hydrogens (primary N) is 1. The lowest BCUT2D eigenvalue weighted by Crippen LogP contribution is -2.49. The molecule has 1 amide bonds. The van der Waals surface area contributed by atoms with Gasteiger partial charge >= 0.3 is 0 Å². The highest BCUT2D eigenvalue weighted by Crippen LogP contribution is 2.38. The van der Waals surface area contributed by atoms with Crippen molar-refractivity contribution in [3.05, 3.63) is 53.1 Å². The number of para-hydroxylation sites is 2. The minimum Gasteiger partial charge on any atom is -0.476 e. The average Bonchev–Trinajstić information content (AvgIpc) is 2.59. The van der Waals surface area contributed by atoms with E-state index in [1.54, 1.807) is 38.1 Å². The molecule has 0 unspecified atom stereocenters. The highest BCUT2D eigenvalue weighted by Gasteiger charge is 2.38. The molecule has 0 fully saturated rings. The van der Waals surface area contributed by atoms with Crippen molar-refractivity contribution in [2.24, 2.45) is 5.73 Å². The standard InChI is InChI=1S/C21H26N2O4S/c1-13-10-15(21(3,4)5)11-14(2)19(13)28(25,26)23-12-18(20(22)24)27-17-9-7-6-8-16(17)23/h6-11,18H,12H2,1-5H3,(H2,22,24)/t18-/m1/s1. The number of fused-ring (bicyclic) bond motifs is 1. The van der Waals surface area contributed by atoms with Gasteiger partial charge in [-0.1, -0.05) is 45.0 Å². The monoisotopic (exact) mass is 402 g/mol. The van der Waals surface area contributed by atoms with Crippen molar-refractivity contribution in [2.45, 2.75) is 51.0 Å². The summed E-state index contributed by atoms with van der Waals surface area (Å²) < 4.78 is 34.1. The van der Waals surface area contributed by atoms with Crippen LogP contribution in [0.15, 0.2) is 41.3 Å². The van der Waals surface area contributed by atoms with Crippen molar-refractivity contribution in [3.8, 4) is 5.75 Å². The van der Waals surface area contributed by atoms with Crippen molar-refractivity contribution in [1.82, 2.24) is 0 Å². The Morgan fingerprint density at radius 1 is 1.14 bits per heavy atom. The van der Waals surface area contributed by atoms with Crippen LogP contribution in [0.4, 0.5) is 5.69 Å². The number of nitrogens with zero attached hydrogens (tertiary/aromatic N) is 1. The first-order valence-electron chi connectivity index (χ1n) is 9.12. The number of amides is 1. The van der Waals surface area contributed by atoms with Crippen LogP contribution in [0.25, 0.3) is 0 Å². The number of anilines is 1. The average molecular weight is 403 g/mol.